The smallest absolute Gasteiger partial charge is 0.0125 e. The fourth-order valence-electron chi connectivity index (χ4n) is 3.14. The van der Waals surface area contributed by atoms with Crippen LogP contribution in [0.15, 0.2) is 0 Å². The predicted molar refractivity (Wildman–Crippen MR) is 69.7 cm³/mol. The quantitative estimate of drug-likeness (QED) is 0.776. The normalized spacial score (nSPS) is 26.4. The van der Waals surface area contributed by atoms with Gasteiger partial charge in [0.15, 0.2) is 0 Å². The molecular formula is C14H28N2. The van der Waals surface area contributed by atoms with E-state index in [1.54, 1.807) is 0 Å². The van der Waals surface area contributed by atoms with Gasteiger partial charge in [-0.1, -0.05) is 12.8 Å². The molecule has 1 saturated heterocycles. The molecule has 0 aromatic rings. The second-order valence-corrected chi connectivity index (χ2v) is 6.58. The maximum absolute atomic E-state index is 3.86. The Morgan fingerprint density at radius 3 is 1.88 bits per heavy atom. The monoisotopic (exact) mass is 224 g/mol. The summed E-state index contributed by atoms with van der Waals surface area (Å²) < 4.78 is 0. The van der Waals surface area contributed by atoms with Crippen LogP contribution in [0, 0.1) is 0 Å². The number of piperidine rings is 1. The van der Waals surface area contributed by atoms with Crippen LogP contribution in [0.4, 0.5) is 0 Å². The van der Waals surface area contributed by atoms with Gasteiger partial charge in [-0.3, -0.25) is 4.90 Å². The second kappa shape index (κ2) is 5.05. The Morgan fingerprint density at radius 2 is 1.38 bits per heavy atom. The van der Waals surface area contributed by atoms with Crippen molar-refractivity contribution < 1.29 is 0 Å². The molecule has 2 heteroatoms. The Balaban J connectivity index is 1.72. The van der Waals surface area contributed by atoms with E-state index in [2.05, 4.69) is 31.0 Å². The standard InChI is InChI=1S/C14H28N2/c1-14(2,3)16-10-8-13(9-11-16)15-12-6-4-5-7-12/h12-13,15H,4-11H2,1-3H3. The van der Waals surface area contributed by atoms with Gasteiger partial charge >= 0.3 is 0 Å². The summed E-state index contributed by atoms with van der Waals surface area (Å²) in [6.07, 6.45) is 8.40. The minimum Gasteiger partial charge on any atom is -0.311 e. The van der Waals surface area contributed by atoms with Crippen molar-refractivity contribution in [3.8, 4) is 0 Å². The third-order valence-electron chi connectivity index (χ3n) is 4.27. The first-order valence-electron chi connectivity index (χ1n) is 7.07. The summed E-state index contributed by atoms with van der Waals surface area (Å²) in [6.45, 7) is 9.54. The van der Waals surface area contributed by atoms with Crippen LogP contribution in [0.3, 0.4) is 0 Å². The third-order valence-corrected chi connectivity index (χ3v) is 4.27. The second-order valence-electron chi connectivity index (χ2n) is 6.58. The summed E-state index contributed by atoms with van der Waals surface area (Å²) in [6, 6.07) is 1.63. The van der Waals surface area contributed by atoms with Crippen LogP contribution in [0.1, 0.15) is 59.3 Å². The van der Waals surface area contributed by atoms with E-state index in [1.165, 1.54) is 51.6 Å². The summed E-state index contributed by atoms with van der Waals surface area (Å²) in [7, 11) is 0. The van der Waals surface area contributed by atoms with Crippen molar-refractivity contribution in [2.24, 2.45) is 0 Å². The van der Waals surface area contributed by atoms with Crippen molar-refractivity contribution in [2.75, 3.05) is 13.1 Å². The minimum atomic E-state index is 0.359. The number of nitrogens with zero attached hydrogens (tertiary/aromatic N) is 1. The van der Waals surface area contributed by atoms with Crippen LogP contribution < -0.4 is 5.32 Å². The molecule has 0 spiro atoms. The summed E-state index contributed by atoms with van der Waals surface area (Å²) in [4.78, 5) is 2.62. The van der Waals surface area contributed by atoms with E-state index in [4.69, 9.17) is 0 Å². The van der Waals surface area contributed by atoms with Crippen LogP contribution in [0.2, 0.25) is 0 Å². The molecule has 0 aromatic heterocycles. The molecule has 0 aromatic carbocycles. The summed E-state index contributed by atoms with van der Waals surface area (Å²) in [5, 5.41) is 3.86. The Hall–Kier alpha value is -0.0800. The average molecular weight is 224 g/mol. The molecule has 0 bridgehead atoms. The maximum atomic E-state index is 3.86. The van der Waals surface area contributed by atoms with Gasteiger partial charge in [0.05, 0.1) is 0 Å². The number of hydrogen-bond donors (Lipinski definition) is 1. The van der Waals surface area contributed by atoms with Crippen molar-refractivity contribution in [1.29, 1.82) is 0 Å². The van der Waals surface area contributed by atoms with Crippen molar-refractivity contribution in [3.63, 3.8) is 0 Å². The molecule has 1 saturated carbocycles. The van der Waals surface area contributed by atoms with E-state index >= 15 is 0 Å². The van der Waals surface area contributed by atoms with Gasteiger partial charge < -0.3 is 5.32 Å². The number of rotatable bonds is 2. The predicted octanol–water partition coefficient (Wildman–Crippen LogP) is 2.78. The Labute approximate surface area is 101 Å². The van der Waals surface area contributed by atoms with Gasteiger partial charge in [-0.25, -0.2) is 0 Å². The summed E-state index contributed by atoms with van der Waals surface area (Å²) in [5.74, 6) is 0. The van der Waals surface area contributed by atoms with Crippen LogP contribution >= 0.6 is 0 Å². The lowest BCUT2D eigenvalue weighted by Crippen LogP contribution is -2.51. The minimum absolute atomic E-state index is 0.359. The lowest BCUT2D eigenvalue weighted by Gasteiger charge is -2.41. The van der Waals surface area contributed by atoms with Crippen LogP contribution in [-0.4, -0.2) is 35.6 Å². The van der Waals surface area contributed by atoms with Gasteiger partial charge in [-0.05, 0) is 46.5 Å². The largest absolute Gasteiger partial charge is 0.311 e. The number of likely N-dealkylation sites (tertiary alicyclic amines) is 1. The lowest BCUT2D eigenvalue weighted by atomic mass is 9.97. The molecular weight excluding hydrogens is 196 g/mol. The molecule has 2 aliphatic rings. The van der Waals surface area contributed by atoms with Crippen LogP contribution in [0.5, 0.6) is 0 Å². The Kier molecular flexibility index (Phi) is 3.91. The molecule has 1 N–H and O–H groups in total. The van der Waals surface area contributed by atoms with E-state index in [0.717, 1.165) is 12.1 Å². The van der Waals surface area contributed by atoms with Crippen LogP contribution in [-0.2, 0) is 0 Å². The highest BCUT2D eigenvalue weighted by Gasteiger charge is 2.28. The Morgan fingerprint density at radius 1 is 0.875 bits per heavy atom. The summed E-state index contributed by atoms with van der Waals surface area (Å²) >= 11 is 0. The van der Waals surface area contributed by atoms with Crippen molar-refractivity contribution in [2.45, 2.75) is 76.9 Å². The van der Waals surface area contributed by atoms with E-state index in [-0.39, 0.29) is 0 Å². The summed E-state index contributed by atoms with van der Waals surface area (Å²) in [5.41, 5.74) is 0.359. The molecule has 0 amide bonds. The SMILES string of the molecule is CC(C)(C)N1CCC(NC2CCCC2)CC1. The lowest BCUT2D eigenvalue weighted by molar-refractivity contribution is 0.0939. The van der Waals surface area contributed by atoms with Gasteiger partial charge in [0.25, 0.3) is 0 Å². The highest BCUT2D eigenvalue weighted by atomic mass is 15.2. The van der Waals surface area contributed by atoms with Crippen molar-refractivity contribution in [1.82, 2.24) is 10.2 Å². The van der Waals surface area contributed by atoms with Gasteiger partial charge in [-0.15, -0.1) is 0 Å². The zero-order valence-corrected chi connectivity index (χ0v) is 11.3. The van der Waals surface area contributed by atoms with Gasteiger partial charge in [0.2, 0.25) is 0 Å². The molecule has 94 valence electrons. The molecule has 2 fully saturated rings. The zero-order chi connectivity index (χ0) is 11.6. The molecule has 0 atom stereocenters. The molecule has 0 radical (unpaired) electrons. The third kappa shape index (κ3) is 3.21. The molecule has 1 aliphatic carbocycles. The van der Waals surface area contributed by atoms with Crippen molar-refractivity contribution in [3.05, 3.63) is 0 Å². The first kappa shape index (κ1) is 12.4. The van der Waals surface area contributed by atoms with Gasteiger partial charge in [0.1, 0.15) is 0 Å². The van der Waals surface area contributed by atoms with E-state index < -0.39 is 0 Å². The van der Waals surface area contributed by atoms with Crippen LogP contribution in [0.25, 0.3) is 0 Å². The molecule has 0 unspecified atom stereocenters. The van der Waals surface area contributed by atoms with Gasteiger partial charge in [0, 0.05) is 30.7 Å². The van der Waals surface area contributed by atoms with Crippen molar-refractivity contribution >= 4 is 0 Å². The first-order valence-corrected chi connectivity index (χ1v) is 7.07. The fourth-order valence-corrected chi connectivity index (χ4v) is 3.14. The molecule has 1 heterocycles. The number of nitrogens with one attached hydrogen (secondary N) is 1. The van der Waals surface area contributed by atoms with Gasteiger partial charge in [-0.2, -0.15) is 0 Å². The maximum Gasteiger partial charge on any atom is 0.0125 e. The highest BCUT2D eigenvalue weighted by Crippen LogP contribution is 2.23. The van der Waals surface area contributed by atoms with E-state index in [1.807, 2.05) is 0 Å². The molecule has 2 rings (SSSR count). The van der Waals surface area contributed by atoms with E-state index in [0.29, 0.717) is 5.54 Å². The zero-order valence-electron chi connectivity index (χ0n) is 11.3. The topological polar surface area (TPSA) is 15.3 Å². The Bertz CT molecular complexity index is 205. The fraction of sp³-hybridized carbons (Fsp3) is 1.00. The average Bonchev–Trinajstić information content (AvgIpc) is 2.70. The molecule has 2 nitrogen and oxygen atoms in total. The first-order chi connectivity index (χ1) is 7.55. The highest BCUT2D eigenvalue weighted by molar-refractivity contribution is 4.86. The molecule has 1 aliphatic heterocycles. The van der Waals surface area contributed by atoms with E-state index in [9.17, 15) is 0 Å². The molecule has 16 heavy (non-hydrogen) atoms. The number of hydrogen-bond acceptors (Lipinski definition) is 2.